The van der Waals surface area contributed by atoms with Crippen LogP contribution in [-0.2, 0) is 61.0 Å². The van der Waals surface area contributed by atoms with Gasteiger partial charge >= 0.3 is 5.97 Å². The Labute approximate surface area is 432 Å². The molecule has 4 aliphatic rings. The molecule has 6 bridgehead atoms. The van der Waals surface area contributed by atoms with Crippen molar-refractivity contribution >= 4 is 51.7 Å². The zero-order chi connectivity index (χ0) is 51.8. The molecule has 5 atom stereocenters. The predicted molar refractivity (Wildman–Crippen MR) is 288 cm³/mol. The summed E-state index contributed by atoms with van der Waals surface area (Å²) in [6.45, 7) is 23.0. The minimum atomic E-state index is -1.03. The Kier molecular flexibility index (Phi) is 16.0. The Morgan fingerprint density at radius 1 is 1.06 bits per heavy atom. The number of hydrogen-bond donors (Lipinski definition) is 1. The predicted octanol–water partition coefficient (Wildman–Crippen LogP) is 8.78. The van der Waals surface area contributed by atoms with Crippen LogP contribution in [0.5, 0.6) is 0 Å². The molecule has 2 amide bonds. The highest BCUT2D eigenvalue weighted by Gasteiger charge is 2.65. The number of carbonyl (C=O) groups excluding carboxylic acids is 4. The Morgan fingerprint density at radius 3 is 2.53 bits per heavy atom. The Morgan fingerprint density at radius 2 is 1.82 bits per heavy atom. The van der Waals surface area contributed by atoms with E-state index < -0.39 is 34.7 Å². The first-order valence-corrected chi connectivity index (χ1v) is 26.7. The van der Waals surface area contributed by atoms with E-state index in [9.17, 15) is 9.59 Å². The van der Waals surface area contributed by atoms with E-state index in [0.29, 0.717) is 64.7 Å². The average Bonchev–Trinajstić information content (AvgIpc) is 4.06. The van der Waals surface area contributed by atoms with E-state index >= 15 is 9.59 Å². The van der Waals surface area contributed by atoms with Gasteiger partial charge in [0.15, 0.2) is 5.78 Å². The molecule has 5 heterocycles. The van der Waals surface area contributed by atoms with Crippen molar-refractivity contribution in [2.24, 2.45) is 28.6 Å². The molecule has 1 aliphatic carbocycles. The number of hydrazine groups is 1. The van der Waals surface area contributed by atoms with Crippen LogP contribution in [0.15, 0.2) is 61.2 Å². The van der Waals surface area contributed by atoms with E-state index in [4.69, 9.17) is 26.7 Å². The molecule has 1 unspecified atom stereocenters. The fraction of sp³-hybridized carbons (Fsp3) is 0.552. The topological polar surface area (TPSA) is 130 Å². The maximum atomic E-state index is 15.3. The van der Waals surface area contributed by atoms with Crippen LogP contribution in [0.1, 0.15) is 108 Å². The number of amides is 2. The van der Waals surface area contributed by atoms with Crippen LogP contribution in [0.3, 0.4) is 0 Å². The van der Waals surface area contributed by atoms with E-state index in [0.717, 1.165) is 81.9 Å². The minimum absolute atomic E-state index is 0.0250. The number of nitrogens with one attached hydrogen (secondary N) is 1. The summed E-state index contributed by atoms with van der Waals surface area (Å²) in [5, 5.41) is 2.70. The van der Waals surface area contributed by atoms with Gasteiger partial charge in [-0.3, -0.25) is 39.5 Å². The third-order valence-corrected chi connectivity index (χ3v) is 16.3. The van der Waals surface area contributed by atoms with Gasteiger partial charge in [-0.2, -0.15) is 0 Å². The molecule has 8 rings (SSSR count). The van der Waals surface area contributed by atoms with Gasteiger partial charge in [-0.1, -0.05) is 76.8 Å². The monoisotopic (exact) mass is 1000 g/mol. The van der Waals surface area contributed by atoms with Crippen LogP contribution in [0.4, 0.5) is 0 Å². The van der Waals surface area contributed by atoms with Gasteiger partial charge in [0, 0.05) is 80.7 Å². The molecule has 1 saturated heterocycles. The van der Waals surface area contributed by atoms with Gasteiger partial charge in [0.05, 0.1) is 41.2 Å². The van der Waals surface area contributed by atoms with E-state index in [-0.39, 0.29) is 41.2 Å². The summed E-state index contributed by atoms with van der Waals surface area (Å²) in [4.78, 5) is 68.8. The van der Waals surface area contributed by atoms with Crippen molar-refractivity contribution in [2.75, 3.05) is 60.5 Å². The van der Waals surface area contributed by atoms with Crippen molar-refractivity contribution in [1.29, 1.82) is 0 Å². The zero-order valence-electron chi connectivity index (χ0n) is 44.4. The molecule has 2 aromatic carbocycles. The molecule has 0 radical (unpaired) electrons. The van der Waals surface area contributed by atoms with Gasteiger partial charge in [0.2, 0.25) is 11.8 Å². The average molecular weight is 1000 g/mol. The first kappa shape index (κ1) is 53.0. The summed E-state index contributed by atoms with van der Waals surface area (Å²) in [5.41, 5.74) is 12.4. The molecule has 2 aromatic heterocycles. The lowest BCUT2D eigenvalue weighted by Gasteiger charge is -2.32. The van der Waals surface area contributed by atoms with Crippen LogP contribution in [0.2, 0.25) is 0 Å². The minimum Gasteiger partial charge on any atom is -0.465 e. The number of thiocarbonyl (C=S) groups is 1. The third-order valence-electron chi connectivity index (χ3n) is 15.9. The number of pyridine rings is 1. The lowest BCUT2D eigenvalue weighted by Crippen LogP contribution is -2.51. The summed E-state index contributed by atoms with van der Waals surface area (Å²) < 4.78 is 14.7. The summed E-state index contributed by atoms with van der Waals surface area (Å²) in [5.74, 6) is -1.95. The normalized spacial score (nSPS) is 22.2. The molecule has 14 heteroatoms. The Hall–Kier alpha value is -5.28. The van der Waals surface area contributed by atoms with Crippen molar-refractivity contribution < 1.29 is 28.7 Å². The number of fused-ring (bicyclic) bond motifs is 8. The lowest BCUT2D eigenvalue weighted by molar-refractivity contribution is -0.149. The zero-order valence-corrected chi connectivity index (χ0v) is 45.3. The van der Waals surface area contributed by atoms with E-state index in [1.54, 1.807) is 17.0 Å². The molecule has 72 heavy (non-hydrogen) atoms. The van der Waals surface area contributed by atoms with E-state index in [1.165, 1.54) is 11.6 Å². The highest BCUT2D eigenvalue weighted by atomic mass is 32.1. The second kappa shape index (κ2) is 21.7. The van der Waals surface area contributed by atoms with Crippen molar-refractivity contribution in [3.63, 3.8) is 0 Å². The fourth-order valence-corrected chi connectivity index (χ4v) is 12.2. The summed E-state index contributed by atoms with van der Waals surface area (Å²) in [7, 11) is 5.85. The molecule has 1 spiro atoms. The van der Waals surface area contributed by atoms with Gasteiger partial charge in [-0.05, 0) is 138 Å². The highest BCUT2D eigenvalue weighted by molar-refractivity contribution is 7.80. The number of cyclic esters (lactones) is 1. The molecule has 3 aliphatic heterocycles. The highest BCUT2D eigenvalue weighted by Crippen LogP contribution is 2.58. The molecule has 1 N–H and O–H groups in total. The number of aromatic nitrogens is 2. The first-order valence-electron chi connectivity index (χ1n) is 26.3. The van der Waals surface area contributed by atoms with Gasteiger partial charge in [-0.15, -0.1) is 0 Å². The second-order valence-electron chi connectivity index (χ2n) is 22.1. The number of hydrogen-bond acceptors (Lipinski definition) is 10. The number of ether oxygens (including phenoxy) is 2. The maximum absolute atomic E-state index is 15.3. The number of methoxy groups -OCH3 is 1. The lowest BCUT2D eigenvalue weighted by atomic mass is 9.83. The van der Waals surface area contributed by atoms with Gasteiger partial charge in [0.25, 0.3) is 0 Å². The third kappa shape index (κ3) is 10.6. The van der Waals surface area contributed by atoms with Crippen molar-refractivity contribution in [1.82, 2.24) is 34.7 Å². The second-order valence-corrected chi connectivity index (χ2v) is 22.5. The van der Waals surface area contributed by atoms with Crippen molar-refractivity contribution in [3.8, 4) is 22.4 Å². The number of esters is 1. The number of ketones is 1. The number of carbonyl (C=O) groups is 4. The molecule has 1 saturated carbocycles. The molecular weight excluding hydrogens is 923 g/mol. The maximum Gasteiger partial charge on any atom is 0.315 e. The first-order chi connectivity index (χ1) is 34.3. The number of likely N-dealkylation sites (N-methyl/N-ethyl adjacent to an activating group) is 3. The van der Waals surface area contributed by atoms with Crippen LogP contribution < -0.4 is 5.43 Å². The van der Waals surface area contributed by atoms with Gasteiger partial charge < -0.3 is 23.8 Å². The number of benzene rings is 2. The summed E-state index contributed by atoms with van der Waals surface area (Å²) in [6.07, 6.45) is 4.99. The summed E-state index contributed by atoms with van der Waals surface area (Å²) >= 11 is 5.97. The SMILES string of the molecule is C=CC(=O)N(CC)CCCN(C)[C@H](C(=O)C1C[C@@]12Cc1cccc(c1)-c1ccc3c(c1)c(c(-c1cc4c(nc1[C@H](C)OC)CN(C)CC4)n3CC)CC(C)(C)COC(=O)[C@@H]1CCCN(NC1=S)C2=O)C(C)C. The van der Waals surface area contributed by atoms with Crippen molar-refractivity contribution in [2.45, 2.75) is 119 Å². The number of rotatable bonds is 14. The Balaban J connectivity index is 1.23. The van der Waals surface area contributed by atoms with E-state index in [2.05, 4.69) is 123 Å². The molecule has 386 valence electrons. The number of Topliss-reactive ketones (excluding diaryl/α,β-unsaturated/α-hetero) is 1. The summed E-state index contributed by atoms with van der Waals surface area (Å²) in [6, 6.07) is 17.1. The van der Waals surface area contributed by atoms with Crippen LogP contribution in [0, 0.1) is 28.6 Å². The van der Waals surface area contributed by atoms with E-state index in [1.807, 2.05) is 14.0 Å². The largest absolute Gasteiger partial charge is 0.465 e. The standard InChI is InChI=1S/C58H77N7O6S/c1-12-49(66)63(13-2)25-17-24-62(10)51(36(4)5)53(67)46-33-58(46)31-38-18-15-19-39(28-38)40-21-22-48-43(29-40)45(32-57(7,8)35-71-55(68)42-20-16-26-65(56(58)69)60-54(42)72)52(64(48)14-3)44-30-41-23-27-61(9)34-47(41)59-50(44)37(6)70-11/h12,15,18-19,21-22,28-30,36-37,42,46,51H,1,13-14,16-17,20,23-27,31-35H2,2-11H3,(H,60,72)/t37-,42+,46?,51-,58-/m0/s1. The molecule has 4 aromatic rings. The van der Waals surface area contributed by atoms with Crippen LogP contribution in [-0.4, -0.2) is 124 Å². The van der Waals surface area contributed by atoms with Gasteiger partial charge in [-0.25, -0.2) is 0 Å². The van der Waals surface area contributed by atoms with Crippen LogP contribution in [0.25, 0.3) is 33.3 Å². The Bertz CT molecular complexity index is 2750. The molecule has 13 nitrogen and oxygen atoms in total. The quantitative estimate of drug-likeness (QED) is 0.0740. The number of nitrogens with zero attached hydrogens (tertiary/aromatic N) is 6. The van der Waals surface area contributed by atoms with Crippen LogP contribution >= 0.6 is 12.2 Å². The van der Waals surface area contributed by atoms with Gasteiger partial charge in [0.1, 0.15) is 10.9 Å². The van der Waals surface area contributed by atoms with Crippen molar-refractivity contribution in [3.05, 3.63) is 89.3 Å². The fourth-order valence-electron chi connectivity index (χ4n) is 11.9. The molecule has 2 fully saturated rings. The smallest absolute Gasteiger partial charge is 0.315 e. The molecular formula is C58H77N7O6S. The number of aryl methyl sites for hydroxylation is 1.